The smallest absolute Gasteiger partial charge is 0.497 e. The molecule has 1 fully saturated rings. The number of aliphatic hydroxyl groups excluding tert-OH is 1. The largest absolute Gasteiger partial charge is 0.587 e. The number of aromatic nitrogens is 4. The van der Waals surface area contributed by atoms with Crippen LogP contribution in [0.25, 0.3) is 11.2 Å². The molecule has 4 atom stereocenters. The van der Waals surface area contributed by atoms with Crippen molar-refractivity contribution in [2.75, 3.05) is 26.6 Å². The molecule has 42 heavy (non-hydrogen) atoms. The summed E-state index contributed by atoms with van der Waals surface area (Å²) < 4.78 is 91.4. The minimum atomic E-state index is -4.80. The van der Waals surface area contributed by atoms with E-state index in [9.17, 15) is 18.5 Å². The van der Waals surface area contributed by atoms with E-state index in [0.717, 1.165) is 17.2 Å². The number of phosphoric acid groups is 1. The van der Waals surface area contributed by atoms with Gasteiger partial charge in [0.2, 0.25) is 0 Å². The van der Waals surface area contributed by atoms with Crippen LogP contribution in [0.15, 0.2) is 61.2 Å². The van der Waals surface area contributed by atoms with Gasteiger partial charge in [-0.3, -0.25) is 9.09 Å². The van der Waals surface area contributed by atoms with E-state index in [-0.39, 0.29) is 28.5 Å². The number of nitrogens with two attached hydrogens (primary N) is 1. The number of halogens is 3. The van der Waals surface area contributed by atoms with E-state index in [2.05, 4.69) is 15.0 Å². The summed E-state index contributed by atoms with van der Waals surface area (Å²) in [5.74, 6) is 0.799. The number of rotatable bonds is 11. The van der Waals surface area contributed by atoms with Crippen LogP contribution in [-0.4, -0.2) is 69.8 Å². The molecule has 4 aromatic rings. The fourth-order valence-electron chi connectivity index (χ4n) is 4.20. The molecular formula is C25H25F3N5O8P. The predicted octanol–water partition coefficient (Wildman–Crippen LogP) is 3.94. The number of fused-ring (bicyclic) bond motifs is 1. The number of nitrogens with zero attached hydrogens (tertiary/aromatic N) is 4. The van der Waals surface area contributed by atoms with Crippen molar-refractivity contribution in [1.82, 2.24) is 19.5 Å². The van der Waals surface area contributed by atoms with Crippen LogP contribution in [0.5, 0.6) is 23.0 Å². The Labute approximate surface area is 236 Å². The van der Waals surface area contributed by atoms with Crippen molar-refractivity contribution in [2.24, 2.45) is 0 Å². The number of methoxy groups -OCH3 is 2. The highest BCUT2D eigenvalue weighted by atomic mass is 31.2. The Morgan fingerprint density at radius 2 is 1.55 bits per heavy atom. The summed E-state index contributed by atoms with van der Waals surface area (Å²) in [4.78, 5) is 11.7. The Kier molecular flexibility index (Phi) is 8.14. The number of aliphatic hydroxyl groups is 1. The van der Waals surface area contributed by atoms with Gasteiger partial charge in [-0.15, -0.1) is 0 Å². The van der Waals surface area contributed by atoms with Gasteiger partial charge in [-0.05, 0) is 48.5 Å². The van der Waals surface area contributed by atoms with Crippen LogP contribution in [0.2, 0.25) is 0 Å². The fourth-order valence-corrected chi connectivity index (χ4v) is 5.46. The highest BCUT2D eigenvalue weighted by Crippen LogP contribution is 2.53. The quantitative estimate of drug-likeness (QED) is 0.235. The third-order valence-corrected chi connectivity index (χ3v) is 7.76. The predicted molar refractivity (Wildman–Crippen MR) is 140 cm³/mol. The highest BCUT2D eigenvalue weighted by molar-refractivity contribution is 7.49. The molecule has 2 unspecified atom stereocenters. The molecule has 0 spiro atoms. The van der Waals surface area contributed by atoms with Gasteiger partial charge in [-0.1, -0.05) is 0 Å². The second-order valence-corrected chi connectivity index (χ2v) is 10.5. The molecule has 1 aliphatic rings. The first-order valence-electron chi connectivity index (χ1n) is 12.2. The third-order valence-electron chi connectivity index (χ3n) is 6.45. The molecule has 3 heterocycles. The molecule has 3 N–H and O–H groups in total. The Balaban J connectivity index is 1.44. The summed E-state index contributed by atoms with van der Waals surface area (Å²) in [6, 6.07) is 11.5. The summed E-state index contributed by atoms with van der Waals surface area (Å²) in [5.41, 5.74) is 2.80. The van der Waals surface area contributed by atoms with Crippen molar-refractivity contribution in [3.05, 3.63) is 61.2 Å². The van der Waals surface area contributed by atoms with Crippen molar-refractivity contribution >= 4 is 24.8 Å². The normalized spacial score (nSPS) is 22.4. The zero-order chi connectivity index (χ0) is 30.1. The van der Waals surface area contributed by atoms with Gasteiger partial charge in [-0.2, -0.15) is 0 Å². The molecule has 0 bridgehead atoms. The maximum atomic E-state index is 15.4. The molecular weight excluding hydrogens is 586 g/mol. The maximum absolute atomic E-state index is 15.4. The molecule has 17 heteroatoms. The zero-order valence-electron chi connectivity index (χ0n) is 22.0. The van der Waals surface area contributed by atoms with E-state index in [1.54, 1.807) is 0 Å². The Hall–Kier alpha value is -4.11. The average Bonchev–Trinajstić information content (AvgIpc) is 3.53. The lowest BCUT2D eigenvalue weighted by Gasteiger charge is -2.31. The van der Waals surface area contributed by atoms with Gasteiger partial charge in [0.15, 0.2) is 29.5 Å². The first-order valence-corrected chi connectivity index (χ1v) is 13.7. The van der Waals surface area contributed by atoms with E-state index in [1.807, 2.05) is 0 Å². The van der Waals surface area contributed by atoms with Gasteiger partial charge in [-0.25, -0.2) is 32.7 Å². The van der Waals surface area contributed by atoms with Crippen molar-refractivity contribution in [2.45, 2.75) is 30.5 Å². The van der Waals surface area contributed by atoms with Gasteiger partial charge < -0.3 is 34.1 Å². The minimum Gasteiger partial charge on any atom is -0.497 e. The van der Waals surface area contributed by atoms with Crippen LogP contribution in [0.3, 0.4) is 0 Å². The van der Waals surface area contributed by atoms with Crippen molar-refractivity contribution in [3.8, 4) is 23.0 Å². The third kappa shape index (κ3) is 5.53. The standard InChI is InChI=1S/C25H25F3N5O8P/c1-36-14-3-7-16(8-4-14)40-42(35,41-17-9-5-15(37-2)6-10-17)38-11-25(24(27)28)20(34)18(26)23(39-25)33-13-32-19-21(29)30-12-31-22(19)33/h3-10,12-13,18,20,23-24,34H,11H2,1-2H3,(H2,29,30,31)/t18?,20?,23-,25-/m1/s1. The highest BCUT2D eigenvalue weighted by Gasteiger charge is 2.62. The van der Waals surface area contributed by atoms with E-state index < -0.39 is 45.0 Å². The molecule has 0 radical (unpaired) electrons. The number of benzene rings is 2. The summed E-state index contributed by atoms with van der Waals surface area (Å²) in [6.45, 7) is -1.31. The Morgan fingerprint density at radius 1 is 1.00 bits per heavy atom. The van der Waals surface area contributed by atoms with E-state index in [1.165, 1.54) is 62.8 Å². The van der Waals surface area contributed by atoms with Crippen LogP contribution in [0.4, 0.5) is 19.0 Å². The number of ether oxygens (including phenoxy) is 3. The molecule has 1 saturated heterocycles. The first-order chi connectivity index (χ1) is 20.1. The lowest BCUT2D eigenvalue weighted by molar-refractivity contribution is -0.192. The zero-order valence-corrected chi connectivity index (χ0v) is 22.9. The van der Waals surface area contributed by atoms with Crippen molar-refractivity contribution < 1.29 is 50.6 Å². The second kappa shape index (κ2) is 11.6. The number of phosphoric ester groups is 1. The molecule has 224 valence electrons. The molecule has 0 amide bonds. The molecule has 2 aromatic heterocycles. The lowest BCUT2D eigenvalue weighted by Crippen LogP contribution is -2.52. The van der Waals surface area contributed by atoms with Gasteiger partial charge in [0.1, 0.15) is 40.9 Å². The van der Waals surface area contributed by atoms with Crippen molar-refractivity contribution in [3.63, 3.8) is 0 Å². The van der Waals surface area contributed by atoms with Gasteiger partial charge in [0, 0.05) is 0 Å². The summed E-state index contributed by atoms with van der Waals surface area (Å²) in [7, 11) is -1.93. The number of nitrogen functional groups attached to an aromatic ring is 1. The van der Waals surface area contributed by atoms with E-state index in [0.29, 0.717) is 11.5 Å². The van der Waals surface area contributed by atoms with Crippen LogP contribution in [-0.2, 0) is 13.8 Å². The molecule has 1 aliphatic heterocycles. The second-order valence-electron chi connectivity index (χ2n) is 8.99. The molecule has 13 nitrogen and oxygen atoms in total. The van der Waals surface area contributed by atoms with Crippen LogP contribution in [0.1, 0.15) is 6.23 Å². The topological polar surface area (TPSA) is 162 Å². The van der Waals surface area contributed by atoms with Gasteiger partial charge >= 0.3 is 7.82 Å². The lowest BCUT2D eigenvalue weighted by atomic mass is 9.97. The SMILES string of the molecule is COc1ccc(OP(=O)(OC[C@@]2(C(F)F)O[C@@H](n3cnc4c(N)ncnc43)C(F)C2O)Oc2ccc(OC)cc2)cc1. The Bertz CT molecular complexity index is 1530. The Morgan fingerprint density at radius 3 is 2.07 bits per heavy atom. The minimum absolute atomic E-state index is 0.0234. The van der Waals surface area contributed by atoms with Gasteiger partial charge in [0.05, 0.1) is 27.2 Å². The molecule has 2 aromatic carbocycles. The first kappa shape index (κ1) is 29.4. The van der Waals surface area contributed by atoms with Gasteiger partial charge in [0.25, 0.3) is 6.43 Å². The number of hydrogen-bond donors (Lipinski definition) is 2. The van der Waals surface area contributed by atoms with E-state index >= 15 is 4.39 Å². The molecule has 5 rings (SSSR count). The van der Waals surface area contributed by atoms with Crippen molar-refractivity contribution in [1.29, 1.82) is 0 Å². The maximum Gasteiger partial charge on any atom is 0.587 e. The molecule has 0 aliphatic carbocycles. The number of imidazole rings is 1. The number of alkyl halides is 3. The van der Waals surface area contributed by atoms with Crippen LogP contribution in [0, 0.1) is 0 Å². The molecule has 0 saturated carbocycles. The van der Waals surface area contributed by atoms with Crippen LogP contribution < -0.4 is 24.3 Å². The summed E-state index contributed by atoms with van der Waals surface area (Å²) >= 11 is 0. The van der Waals surface area contributed by atoms with Crippen LogP contribution >= 0.6 is 7.82 Å². The number of anilines is 1. The summed E-state index contributed by atoms with van der Waals surface area (Å²) in [5, 5.41) is 10.7. The number of hydrogen-bond acceptors (Lipinski definition) is 12. The average molecular weight is 611 g/mol. The summed E-state index contributed by atoms with van der Waals surface area (Å²) in [6.07, 6.45) is -8.09. The fraction of sp³-hybridized carbons (Fsp3) is 0.320. The monoisotopic (exact) mass is 611 g/mol. The van der Waals surface area contributed by atoms with E-state index in [4.69, 9.17) is 33.5 Å².